The van der Waals surface area contributed by atoms with Crippen LogP contribution in [0, 0.1) is 0 Å². The first-order valence-corrected chi connectivity index (χ1v) is 9.63. The Morgan fingerprint density at radius 3 is 2.17 bits per heavy atom. The van der Waals surface area contributed by atoms with Gasteiger partial charge in [0.2, 0.25) is 5.91 Å². The first-order chi connectivity index (χ1) is 13.3. The quantitative estimate of drug-likeness (QED) is 0.508. The molecule has 1 aromatic carbocycles. The van der Waals surface area contributed by atoms with E-state index in [2.05, 4.69) is 10.6 Å². The second-order valence-electron chi connectivity index (χ2n) is 8.23. The number of carbonyl (C=O) groups is 3. The zero-order valence-electron chi connectivity index (χ0n) is 17.7. The van der Waals surface area contributed by atoms with Gasteiger partial charge in [0, 0.05) is 17.8 Å². The lowest BCUT2D eigenvalue weighted by atomic mass is 10.1. The normalized spacial score (nSPS) is 11.4. The summed E-state index contributed by atoms with van der Waals surface area (Å²) < 4.78 is 16.0. The fourth-order valence-corrected chi connectivity index (χ4v) is 2.19. The van der Waals surface area contributed by atoms with Crippen LogP contribution in [0.4, 0.5) is 10.5 Å². The Morgan fingerprint density at radius 2 is 1.62 bits per heavy atom. The zero-order chi connectivity index (χ0) is 22.2. The second kappa shape index (κ2) is 10.3. The van der Waals surface area contributed by atoms with Crippen molar-refractivity contribution in [3.05, 3.63) is 23.8 Å². The summed E-state index contributed by atoms with van der Waals surface area (Å²) in [5.74, 6) is -0.735. The number of alkyl carbamates (subject to hydrolysis) is 1. The monoisotopic (exact) mass is 428 g/mol. The smallest absolute Gasteiger partial charge is 0.407 e. The number of carbonyl (C=O) groups excluding carboxylic acids is 3. The lowest BCUT2D eigenvalue weighted by molar-refractivity contribution is -0.157. The average Bonchev–Trinajstić information content (AvgIpc) is 2.55. The van der Waals surface area contributed by atoms with Gasteiger partial charge in [0.25, 0.3) is 0 Å². The summed E-state index contributed by atoms with van der Waals surface area (Å²) in [4.78, 5) is 35.4. The number of esters is 1. The molecule has 0 fully saturated rings. The highest BCUT2D eigenvalue weighted by Gasteiger charge is 2.19. The summed E-state index contributed by atoms with van der Waals surface area (Å²) in [6.07, 6.45) is -0.606. The van der Waals surface area contributed by atoms with Crippen molar-refractivity contribution in [2.75, 3.05) is 17.8 Å². The first kappa shape index (κ1) is 24.6. The summed E-state index contributed by atoms with van der Waals surface area (Å²) in [6, 6.07) is 4.80. The molecule has 0 radical (unpaired) electrons. The molecule has 2 amide bonds. The van der Waals surface area contributed by atoms with Crippen LogP contribution in [0.25, 0.3) is 0 Å². The van der Waals surface area contributed by atoms with Gasteiger partial charge in [0.15, 0.2) is 6.61 Å². The van der Waals surface area contributed by atoms with Crippen molar-refractivity contribution < 1.29 is 28.6 Å². The molecule has 2 N–H and O–H groups in total. The Hall–Kier alpha value is -2.48. The minimum atomic E-state index is -0.643. The minimum absolute atomic E-state index is 0.0587. The summed E-state index contributed by atoms with van der Waals surface area (Å²) in [5, 5.41) is 5.24. The molecule has 0 aliphatic carbocycles. The highest BCUT2D eigenvalue weighted by molar-refractivity contribution is 6.29. The van der Waals surface area contributed by atoms with E-state index >= 15 is 0 Å². The molecule has 0 spiro atoms. The molecule has 0 saturated carbocycles. The highest BCUT2D eigenvalue weighted by atomic mass is 35.5. The Balaban J connectivity index is 2.91. The summed E-state index contributed by atoms with van der Waals surface area (Å²) >= 11 is 5.51. The number of halogens is 1. The number of ether oxygens (including phenoxy) is 3. The van der Waals surface area contributed by atoms with E-state index in [1.807, 2.05) is 0 Å². The molecular formula is C20H29ClN2O6. The van der Waals surface area contributed by atoms with Crippen LogP contribution in [0.2, 0.25) is 0 Å². The van der Waals surface area contributed by atoms with Gasteiger partial charge in [-0.3, -0.25) is 4.79 Å². The molecule has 0 bridgehead atoms. The van der Waals surface area contributed by atoms with Gasteiger partial charge >= 0.3 is 12.1 Å². The van der Waals surface area contributed by atoms with Crippen molar-refractivity contribution in [2.45, 2.75) is 59.3 Å². The fraction of sp³-hybridized carbons (Fsp3) is 0.550. The number of nitrogens with one attached hydrogen (secondary N) is 2. The molecule has 1 aromatic rings. The van der Waals surface area contributed by atoms with Crippen LogP contribution in [-0.4, -0.2) is 41.7 Å². The molecule has 0 aliphatic rings. The van der Waals surface area contributed by atoms with Crippen LogP contribution in [0.5, 0.6) is 5.75 Å². The van der Waals surface area contributed by atoms with Crippen LogP contribution in [-0.2, 0) is 25.6 Å². The zero-order valence-corrected chi connectivity index (χ0v) is 18.4. The Kier molecular flexibility index (Phi) is 8.76. The van der Waals surface area contributed by atoms with E-state index in [0.29, 0.717) is 17.0 Å². The maximum absolute atomic E-state index is 11.9. The van der Waals surface area contributed by atoms with Crippen molar-refractivity contribution in [2.24, 2.45) is 0 Å². The van der Waals surface area contributed by atoms with Crippen LogP contribution in [0.15, 0.2) is 18.2 Å². The largest absolute Gasteiger partial charge is 0.482 e. The molecule has 29 heavy (non-hydrogen) atoms. The van der Waals surface area contributed by atoms with E-state index in [-0.39, 0.29) is 24.9 Å². The number of alkyl halides is 1. The van der Waals surface area contributed by atoms with Crippen molar-refractivity contribution in [1.29, 1.82) is 0 Å². The predicted molar refractivity (Wildman–Crippen MR) is 110 cm³/mol. The van der Waals surface area contributed by atoms with E-state index in [9.17, 15) is 14.4 Å². The van der Waals surface area contributed by atoms with Gasteiger partial charge < -0.3 is 24.8 Å². The first-order valence-electron chi connectivity index (χ1n) is 9.09. The van der Waals surface area contributed by atoms with E-state index < -0.39 is 23.3 Å². The molecule has 0 aromatic heterocycles. The summed E-state index contributed by atoms with van der Waals surface area (Å²) in [6.45, 7) is 10.3. The van der Waals surface area contributed by atoms with E-state index in [1.165, 1.54) is 0 Å². The average molecular weight is 429 g/mol. The minimum Gasteiger partial charge on any atom is -0.482 e. The predicted octanol–water partition coefficient (Wildman–Crippen LogP) is 3.61. The number of anilines is 1. The van der Waals surface area contributed by atoms with Crippen molar-refractivity contribution >= 4 is 35.3 Å². The van der Waals surface area contributed by atoms with Crippen molar-refractivity contribution in [3.63, 3.8) is 0 Å². The third-order valence-corrected chi connectivity index (χ3v) is 3.30. The Bertz CT molecular complexity index is 737. The van der Waals surface area contributed by atoms with Gasteiger partial charge in [-0.1, -0.05) is 0 Å². The van der Waals surface area contributed by atoms with E-state index in [4.69, 9.17) is 25.8 Å². The third-order valence-electron chi connectivity index (χ3n) is 3.05. The number of rotatable bonds is 7. The molecule has 0 unspecified atom stereocenters. The van der Waals surface area contributed by atoms with Crippen LogP contribution >= 0.6 is 11.6 Å². The molecule has 9 heteroatoms. The topological polar surface area (TPSA) is 103 Å². The molecule has 0 aliphatic heterocycles. The summed E-state index contributed by atoms with van der Waals surface area (Å²) in [5.41, 5.74) is -0.263. The molecule has 0 atom stereocenters. The Morgan fingerprint density at radius 1 is 1.00 bits per heavy atom. The van der Waals surface area contributed by atoms with E-state index in [1.54, 1.807) is 59.7 Å². The molecule has 1 rings (SSSR count). The molecule has 0 heterocycles. The molecule has 8 nitrogen and oxygen atoms in total. The number of hydrogen-bond acceptors (Lipinski definition) is 6. The SMILES string of the molecule is CC(C)(C)OC(=O)COc1ccc(NC(=O)CCl)cc1CNC(=O)OC(C)(C)C. The van der Waals surface area contributed by atoms with Gasteiger partial charge in [-0.05, 0) is 59.7 Å². The van der Waals surface area contributed by atoms with Crippen molar-refractivity contribution in [1.82, 2.24) is 5.32 Å². The molecular weight excluding hydrogens is 400 g/mol. The lowest BCUT2D eigenvalue weighted by Gasteiger charge is -2.21. The van der Waals surface area contributed by atoms with Gasteiger partial charge in [0.05, 0.1) is 0 Å². The van der Waals surface area contributed by atoms with Crippen LogP contribution in [0.3, 0.4) is 0 Å². The van der Waals surface area contributed by atoms with Gasteiger partial charge in [-0.15, -0.1) is 11.6 Å². The van der Waals surface area contributed by atoms with Gasteiger partial charge in [0.1, 0.15) is 22.8 Å². The van der Waals surface area contributed by atoms with Crippen LogP contribution in [0.1, 0.15) is 47.1 Å². The second-order valence-corrected chi connectivity index (χ2v) is 8.50. The Labute approximate surface area is 176 Å². The van der Waals surface area contributed by atoms with E-state index in [0.717, 1.165) is 0 Å². The lowest BCUT2D eigenvalue weighted by Crippen LogP contribution is -2.32. The molecule has 0 saturated heterocycles. The molecule has 162 valence electrons. The number of benzene rings is 1. The van der Waals surface area contributed by atoms with Crippen LogP contribution < -0.4 is 15.4 Å². The van der Waals surface area contributed by atoms with Gasteiger partial charge in [-0.25, -0.2) is 9.59 Å². The number of amides is 2. The highest BCUT2D eigenvalue weighted by Crippen LogP contribution is 2.24. The maximum Gasteiger partial charge on any atom is 0.407 e. The third kappa shape index (κ3) is 10.6. The standard InChI is InChI=1S/C20H29ClN2O6/c1-19(2,3)28-17(25)12-27-15-8-7-14(23-16(24)10-21)9-13(15)11-22-18(26)29-20(4,5)6/h7-9H,10-12H2,1-6H3,(H,22,26)(H,23,24). The van der Waals surface area contributed by atoms with Crippen molar-refractivity contribution in [3.8, 4) is 5.75 Å². The van der Waals surface area contributed by atoms with Gasteiger partial charge in [-0.2, -0.15) is 0 Å². The fourth-order valence-electron chi connectivity index (χ4n) is 2.12. The summed E-state index contributed by atoms with van der Waals surface area (Å²) in [7, 11) is 0. The number of hydrogen-bond donors (Lipinski definition) is 2. The maximum atomic E-state index is 11.9.